The number of aromatic carboxylic acids is 1. The number of anilines is 1. The van der Waals surface area contributed by atoms with E-state index in [1.54, 1.807) is 35.2 Å². The molecule has 0 radical (unpaired) electrons. The lowest BCUT2D eigenvalue weighted by molar-refractivity contribution is -0.149. The van der Waals surface area contributed by atoms with Crippen LogP contribution in [0.5, 0.6) is 0 Å². The van der Waals surface area contributed by atoms with Gasteiger partial charge in [-0.2, -0.15) is 0 Å². The van der Waals surface area contributed by atoms with Crippen molar-refractivity contribution in [3.63, 3.8) is 0 Å². The molecule has 226 valence electrons. The molecule has 0 bridgehead atoms. The summed E-state index contributed by atoms with van der Waals surface area (Å²) in [4.78, 5) is 60.6. The second kappa shape index (κ2) is 12.2. The Morgan fingerprint density at radius 1 is 1.05 bits per heavy atom. The number of amides is 2. The maximum Gasteiger partial charge on any atom is 0.335 e. The summed E-state index contributed by atoms with van der Waals surface area (Å²) in [5, 5.41) is 13.1. The molecule has 3 aromatic rings. The minimum Gasteiger partial charge on any atom is -0.478 e. The van der Waals surface area contributed by atoms with Gasteiger partial charge in [-0.05, 0) is 53.4 Å². The summed E-state index contributed by atoms with van der Waals surface area (Å²) >= 11 is 5.94. The molecule has 0 aliphatic carbocycles. The van der Waals surface area contributed by atoms with E-state index in [1.807, 2.05) is 6.07 Å². The Labute approximate surface area is 256 Å². The molecule has 0 unspecified atom stereocenters. The van der Waals surface area contributed by atoms with Crippen LogP contribution in [0.15, 0.2) is 65.8 Å². The number of hydrogen-bond donors (Lipinski definition) is 1. The molecule has 0 saturated carbocycles. The van der Waals surface area contributed by atoms with Crippen LogP contribution in [0.3, 0.4) is 0 Å². The molecular formula is C32H27ClFN3O7. The number of fused-ring (bicyclic) bond motifs is 1. The Kier molecular flexibility index (Phi) is 8.15. The number of carboxylic acids is 1. The molecular weight excluding hydrogens is 593 g/mol. The van der Waals surface area contributed by atoms with E-state index in [0.29, 0.717) is 36.4 Å². The Balaban J connectivity index is 1.32. The van der Waals surface area contributed by atoms with E-state index in [0.717, 1.165) is 5.56 Å². The lowest BCUT2D eigenvalue weighted by atomic mass is 9.86. The van der Waals surface area contributed by atoms with Gasteiger partial charge in [-0.25, -0.2) is 9.18 Å². The third-order valence-corrected chi connectivity index (χ3v) is 8.34. The lowest BCUT2D eigenvalue weighted by Crippen LogP contribution is -2.49. The number of ether oxygens (including phenoxy) is 1. The third-order valence-electron chi connectivity index (χ3n) is 8.05. The normalized spacial score (nSPS) is 19.7. The predicted molar refractivity (Wildman–Crippen MR) is 157 cm³/mol. The zero-order valence-electron chi connectivity index (χ0n) is 23.4. The number of oxime groups is 1. The van der Waals surface area contributed by atoms with Crippen LogP contribution in [-0.4, -0.2) is 71.7 Å². The van der Waals surface area contributed by atoms with Crippen LogP contribution >= 0.6 is 11.6 Å². The second-order valence-electron chi connectivity index (χ2n) is 10.7. The molecule has 1 fully saturated rings. The molecule has 3 heterocycles. The van der Waals surface area contributed by atoms with Crippen molar-refractivity contribution in [3.05, 3.63) is 99.3 Å². The first kappa shape index (κ1) is 29.5. The Morgan fingerprint density at radius 3 is 2.57 bits per heavy atom. The average molecular weight is 620 g/mol. The third kappa shape index (κ3) is 5.56. The van der Waals surface area contributed by atoms with Crippen LogP contribution < -0.4 is 4.90 Å². The van der Waals surface area contributed by atoms with Gasteiger partial charge in [-0.15, -0.1) is 0 Å². The van der Waals surface area contributed by atoms with Crippen LogP contribution in [0.25, 0.3) is 0 Å². The van der Waals surface area contributed by atoms with Gasteiger partial charge in [-0.1, -0.05) is 47.1 Å². The van der Waals surface area contributed by atoms with E-state index < -0.39 is 29.8 Å². The molecule has 1 saturated heterocycles. The molecule has 44 heavy (non-hydrogen) atoms. The summed E-state index contributed by atoms with van der Waals surface area (Å²) < 4.78 is 20.0. The average Bonchev–Trinajstić information content (AvgIpc) is 3.52. The highest BCUT2D eigenvalue weighted by molar-refractivity contribution is 6.31. The fourth-order valence-electron chi connectivity index (χ4n) is 5.90. The number of morpholine rings is 1. The van der Waals surface area contributed by atoms with E-state index in [9.17, 15) is 28.7 Å². The predicted octanol–water partition coefficient (Wildman–Crippen LogP) is 3.97. The summed E-state index contributed by atoms with van der Waals surface area (Å²) in [6, 6.07) is 14.8. The summed E-state index contributed by atoms with van der Waals surface area (Å²) in [7, 11) is 0. The van der Waals surface area contributed by atoms with Gasteiger partial charge in [0.1, 0.15) is 12.6 Å². The number of carboxylic acid groups (broad SMARTS) is 1. The summed E-state index contributed by atoms with van der Waals surface area (Å²) in [6.45, 7) is 0.861. The van der Waals surface area contributed by atoms with Crippen molar-refractivity contribution >= 4 is 46.6 Å². The standard InChI is InChI=1S/C32H27ClFN3O7/c33-23-5-1-4-22(29(23)34)24-16-27(44-35-24)31(40)37-12-11-20-21(3-2-6-25(20)36-13-14-43-17-28(36)39)30(37)26(38)15-18-7-9-19(10-8-18)32(41)42/h1-10,27,30H,11-17H2,(H,41,42)/t27-,30-/m1/s1. The van der Waals surface area contributed by atoms with Gasteiger partial charge < -0.3 is 24.5 Å². The van der Waals surface area contributed by atoms with Gasteiger partial charge in [-0.3, -0.25) is 14.4 Å². The minimum absolute atomic E-state index is 0.0146. The molecule has 12 heteroatoms. The number of benzene rings is 3. The monoisotopic (exact) mass is 619 g/mol. The van der Waals surface area contributed by atoms with Crippen LogP contribution in [0.1, 0.15) is 45.1 Å². The number of hydrogen-bond acceptors (Lipinski definition) is 7. The quantitative estimate of drug-likeness (QED) is 0.424. The number of Topliss-reactive ketones (excluding diaryl/α,β-unsaturated/α-hetero) is 1. The van der Waals surface area contributed by atoms with Gasteiger partial charge in [0.15, 0.2) is 11.6 Å². The number of halogens is 2. The number of ketones is 1. The minimum atomic E-state index is -1.08. The highest BCUT2D eigenvalue weighted by Gasteiger charge is 2.42. The van der Waals surface area contributed by atoms with Gasteiger partial charge in [0.05, 0.1) is 22.9 Å². The molecule has 10 nitrogen and oxygen atoms in total. The topological polar surface area (TPSA) is 126 Å². The van der Waals surface area contributed by atoms with E-state index in [1.165, 1.54) is 29.2 Å². The van der Waals surface area contributed by atoms with Gasteiger partial charge in [0.2, 0.25) is 6.10 Å². The van der Waals surface area contributed by atoms with Gasteiger partial charge in [0.25, 0.3) is 11.8 Å². The van der Waals surface area contributed by atoms with Crippen molar-refractivity contribution in [1.29, 1.82) is 0 Å². The Morgan fingerprint density at radius 2 is 1.82 bits per heavy atom. The fraction of sp³-hybridized carbons (Fsp3) is 0.281. The Hall–Kier alpha value is -4.61. The molecule has 3 aromatic carbocycles. The second-order valence-corrected chi connectivity index (χ2v) is 11.1. The van der Waals surface area contributed by atoms with Gasteiger partial charge in [0, 0.05) is 37.2 Å². The molecule has 6 rings (SSSR count). The van der Waals surface area contributed by atoms with E-state index in [2.05, 4.69) is 5.16 Å². The van der Waals surface area contributed by atoms with Crippen molar-refractivity contribution < 1.29 is 38.2 Å². The van der Waals surface area contributed by atoms with Crippen molar-refractivity contribution in [2.45, 2.75) is 31.4 Å². The zero-order valence-corrected chi connectivity index (χ0v) is 24.1. The first-order chi connectivity index (χ1) is 21.2. The Bertz CT molecular complexity index is 1690. The highest BCUT2D eigenvalue weighted by atomic mass is 35.5. The molecule has 3 aliphatic rings. The maximum absolute atomic E-state index is 14.7. The van der Waals surface area contributed by atoms with Crippen LogP contribution in [-0.2, 0) is 36.8 Å². The maximum atomic E-state index is 14.7. The zero-order chi connectivity index (χ0) is 31.0. The van der Waals surface area contributed by atoms with Crippen LogP contribution in [0, 0.1) is 5.82 Å². The van der Waals surface area contributed by atoms with Crippen molar-refractivity contribution in [2.24, 2.45) is 5.16 Å². The first-order valence-corrected chi connectivity index (χ1v) is 14.4. The van der Waals surface area contributed by atoms with Crippen molar-refractivity contribution in [2.75, 3.05) is 31.2 Å². The first-order valence-electron chi connectivity index (χ1n) is 14.1. The summed E-state index contributed by atoms with van der Waals surface area (Å²) in [5.41, 5.74) is 3.09. The number of nitrogens with zero attached hydrogens (tertiary/aromatic N) is 3. The smallest absolute Gasteiger partial charge is 0.335 e. The van der Waals surface area contributed by atoms with Crippen molar-refractivity contribution in [1.82, 2.24) is 4.90 Å². The highest BCUT2D eigenvalue weighted by Crippen LogP contribution is 2.38. The van der Waals surface area contributed by atoms with E-state index in [-0.39, 0.29) is 59.5 Å². The molecule has 2 amide bonds. The number of carbonyl (C=O) groups is 4. The van der Waals surface area contributed by atoms with Gasteiger partial charge >= 0.3 is 5.97 Å². The van der Waals surface area contributed by atoms with Crippen LogP contribution in [0.2, 0.25) is 5.02 Å². The fourth-order valence-corrected chi connectivity index (χ4v) is 6.08. The molecule has 2 atom stereocenters. The summed E-state index contributed by atoms with van der Waals surface area (Å²) in [6.07, 6.45) is -0.795. The van der Waals surface area contributed by atoms with E-state index >= 15 is 0 Å². The number of rotatable bonds is 7. The molecule has 1 N–H and O–H groups in total. The molecule has 0 spiro atoms. The van der Waals surface area contributed by atoms with E-state index in [4.69, 9.17) is 21.2 Å². The largest absolute Gasteiger partial charge is 0.478 e. The van der Waals surface area contributed by atoms with Crippen molar-refractivity contribution in [3.8, 4) is 0 Å². The molecule has 0 aromatic heterocycles. The summed E-state index contributed by atoms with van der Waals surface area (Å²) in [5.74, 6) is -2.72. The number of carbonyl (C=O) groups excluding carboxylic acids is 3. The lowest BCUT2D eigenvalue weighted by Gasteiger charge is -2.39. The SMILES string of the molecule is O=C(O)c1ccc(CC(=O)[C@H]2c3cccc(N4CCOCC4=O)c3CCN2C(=O)[C@H]2CC(c3cccc(Cl)c3F)=NO2)cc1. The van der Waals surface area contributed by atoms with Crippen LogP contribution in [0.4, 0.5) is 10.1 Å². The molecule has 3 aliphatic heterocycles.